The summed E-state index contributed by atoms with van der Waals surface area (Å²) in [6.07, 6.45) is 8.38. The second-order valence-electron chi connectivity index (χ2n) is 4.71. The molecule has 2 aromatic heterocycles. The van der Waals surface area contributed by atoms with E-state index in [-0.39, 0.29) is 11.9 Å². The second kappa shape index (κ2) is 7.10. The van der Waals surface area contributed by atoms with E-state index >= 15 is 0 Å². The molecule has 0 radical (unpaired) electrons. The molecule has 2 heterocycles. The van der Waals surface area contributed by atoms with Crippen LogP contribution in [0.25, 0.3) is 0 Å². The van der Waals surface area contributed by atoms with Crippen LogP contribution in [0.5, 0.6) is 0 Å². The zero-order chi connectivity index (χ0) is 14.4. The van der Waals surface area contributed by atoms with E-state index in [4.69, 9.17) is 0 Å². The molecule has 0 aliphatic carbocycles. The summed E-state index contributed by atoms with van der Waals surface area (Å²) in [5.74, 6) is -0.278. The van der Waals surface area contributed by atoms with Gasteiger partial charge in [-0.15, -0.1) is 0 Å². The number of pyridine rings is 2. The van der Waals surface area contributed by atoms with Crippen molar-refractivity contribution < 1.29 is 4.39 Å². The third-order valence-corrected chi connectivity index (χ3v) is 3.35. The van der Waals surface area contributed by atoms with Gasteiger partial charge in [-0.25, -0.2) is 4.39 Å². The molecule has 0 saturated heterocycles. The largest absolute Gasteiger partial charge is 0.306 e. The third-order valence-electron chi connectivity index (χ3n) is 3.35. The zero-order valence-electron chi connectivity index (χ0n) is 11.9. The number of hydrogen-bond donors (Lipinski definition) is 1. The van der Waals surface area contributed by atoms with E-state index in [0.29, 0.717) is 5.56 Å². The second-order valence-corrected chi connectivity index (χ2v) is 4.71. The van der Waals surface area contributed by atoms with Crippen LogP contribution in [-0.2, 0) is 6.42 Å². The highest BCUT2D eigenvalue weighted by Crippen LogP contribution is 2.26. The van der Waals surface area contributed by atoms with Crippen molar-refractivity contribution in [1.82, 2.24) is 15.3 Å². The summed E-state index contributed by atoms with van der Waals surface area (Å²) in [5, 5.41) is 3.42. The molecular formula is C16H20FN3. The molecule has 0 aliphatic heterocycles. The average molecular weight is 273 g/mol. The van der Waals surface area contributed by atoms with Gasteiger partial charge in [-0.1, -0.05) is 13.8 Å². The molecular weight excluding hydrogens is 253 g/mol. The Kier molecular flexibility index (Phi) is 5.18. The minimum atomic E-state index is -0.278. The normalized spacial score (nSPS) is 12.3. The molecule has 2 aromatic rings. The van der Waals surface area contributed by atoms with Crippen molar-refractivity contribution in [2.75, 3.05) is 6.54 Å². The van der Waals surface area contributed by atoms with Gasteiger partial charge >= 0.3 is 0 Å². The molecule has 0 aliphatic rings. The van der Waals surface area contributed by atoms with Crippen LogP contribution in [0, 0.1) is 5.82 Å². The predicted octanol–water partition coefficient (Wildman–Crippen LogP) is 3.27. The molecule has 2 rings (SSSR count). The molecule has 1 N–H and O–H groups in total. The van der Waals surface area contributed by atoms with Gasteiger partial charge < -0.3 is 5.32 Å². The Balaban J connectivity index is 2.44. The molecule has 4 heteroatoms. The summed E-state index contributed by atoms with van der Waals surface area (Å²) >= 11 is 0. The van der Waals surface area contributed by atoms with Crippen LogP contribution in [0.1, 0.15) is 43.0 Å². The van der Waals surface area contributed by atoms with Crippen molar-refractivity contribution >= 4 is 0 Å². The molecule has 0 aromatic carbocycles. The van der Waals surface area contributed by atoms with Gasteiger partial charge in [-0.2, -0.15) is 0 Å². The predicted molar refractivity (Wildman–Crippen MR) is 77.9 cm³/mol. The van der Waals surface area contributed by atoms with Crippen molar-refractivity contribution in [2.45, 2.75) is 32.7 Å². The summed E-state index contributed by atoms with van der Waals surface area (Å²) < 4.78 is 14.1. The molecule has 20 heavy (non-hydrogen) atoms. The highest BCUT2D eigenvalue weighted by Gasteiger charge is 2.19. The maximum Gasteiger partial charge on any atom is 0.146 e. The molecule has 0 spiro atoms. The average Bonchev–Trinajstić information content (AvgIpc) is 2.49. The first-order valence-corrected chi connectivity index (χ1v) is 7.03. The fourth-order valence-electron chi connectivity index (χ4n) is 2.31. The molecule has 0 amide bonds. The highest BCUT2D eigenvalue weighted by atomic mass is 19.1. The van der Waals surface area contributed by atoms with E-state index < -0.39 is 0 Å². The van der Waals surface area contributed by atoms with Crippen LogP contribution in [-0.4, -0.2) is 16.5 Å². The minimum absolute atomic E-state index is 0.157. The van der Waals surface area contributed by atoms with E-state index in [2.05, 4.69) is 29.1 Å². The minimum Gasteiger partial charge on any atom is -0.306 e. The van der Waals surface area contributed by atoms with E-state index in [9.17, 15) is 4.39 Å². The number of halogens is 1. The highest BCUT2D eigenvalue weighted by molar-refractivity contribution is 5.35. The Morgan fingerprint density at radius 3 is 2.45 bits per heavy atom. The lowest BCUT2D eigenvalue weighted by Gasteiger charge is -2.22. The van der Waals surface area contributed by atoms with Gasteiger partial charge in [0, 0.05) is 24.2 Å². The molecule has 0 saturated carbocycles. The van der Waals surface area contributed by atoms with Crippen molar-refractivity contribution in [3.05, 3.63) is 59.4 Å². The number of rotatable bonds is 6. The fourth-order valence-corrected chi connectivity index (χ4v) is 2.31. The molecule has 3 nitrogen and oxygen atoms in total. The number of nitrogens with one attached hydrogen (secondary N) is 1. The van der Waals surface area contributed by atoms with E-state index in [1.807, 2.05) is 12.3 Å². The summed E-state index contributed by atoms with van der Waals surface area (Å²) in [4.78, 5) is 7.99. The van der Waals surface area contributed by atoms with Crippen LogP contribution in [0.3, 0.4) is 0 Å². The van der Waals surface area contributed by atoms with Crippen molar-refractivity contribution in [1.29, 1.82) is 0 Å². The Morgan fingerprint density at radius 1 is 1.10 bits per heavy atom. The van der Waals surface area contributed by atoms with Crippen LogP contribution < -0.4 is 5.32 Å². The quantitative estimate of drug-likeness (QED) is 0.877. The van der Waals surface area contributed by atoms with Crippen LogP contribution in [0.4, 0.5) is 4.39 Å². The van der Waals surface area contributed by atoms with Gasteiger partial charge in [0.1, 0.15) is 5.82 Å². The van der Waals surface area contributed by atoms with Crippen LogP contribution >= 0.6 is 0 Å². The first kappa shape index (κ1) is 14.6. The summed E-state index contributed by atoms with van der Waals surface area (Å²) in [7, 11) is 0. The van der Waals surface area contributed by atoms with E-state index in [0.717, 1.165) is 30.5 Å². The van der Waals surface area contributed by atoms with Crippen molar-refractivity contribution in [3.8, 4) is 0 Å². The molecule has 1 unspecified atom stereocenters. The monoisotopic (exact) mass is 273 g/mol. The zero-order valence-corrected chi connectivity index (χ0v) is 11.9. The topological polar surface area (TPSA) is 37.8 Å². The first-order valence-electron chi connectivity index (χ1n) is 7.03. The summed E-state index contributed by atoms with van der Waals surface area (Å²) in [6.45, 7) is 5.01. The number of nitrogens with zero attached hydrogens (tertiary/aromatic N) is 2. The molecule has 1 atom stereocenters. The standard InChI is InChI=1S/C16H20FN3/c1-3-7-20-16(14-6-9-19-11-15(14)17)13-5-8-18-10-12(13)4-2/h5-6,8-11,16,20H,3-4,7H2,1-2H3. The maximum absolute atomic E-state index is 14.1. The van der Waals surface area contributed by atoms with Gasteiger partial charge in [0.2, 0.25) is 0 Å². The smallest absolute Gasteiger partial charge is 0.146 e. The van der Waals surface area contributed by atoms with Gasteiger partial charge in [0.25, 0.3) is 0 Å². The van der Waals surface area contributed by atoms with E-state index in [1.165, 1.54) is 6.20 Å². The lowest BCUT2D eigenvalue weighted by molar-refractivity contribution is 0.540. The summed E-state index contributed by atoms with van der Waals surface area (Å²) in [6, 6.07) is 3.55. The Labute approximate surface area is 119 Å². The van der Waals surface area contributed by atoms with Gasteiger partial charge in [-0.05, 0) is 42.6 Å². The maximum atomic E-state index is 14.1. The number of aryl methyl sites for hydroxylation is 1. The summed E-state index contributed by atoms with van der Waals surface area (Å²) in [5.41, 5.74) is 2.85. The van der Waals surface area contributed by atoms with Gasteiger partial charge in [0.05, 0.1) is 12.2 Å². The van der Waals surface area contributed by atoms with Gasteiger partial charge in [-0.3, -0.25) is 9.97 Å². The first-order chi connectivity index (χ1) is 9.77. The van der Waals surface area contributed by atoms with E-state index in [1.54, 1.807) is 18.5 Å². The Morgan fingerprint density at radius 2 is 1.80 bits per heavy atom. The fraction of sp³-hybridized carbons (Fsp3) is 0.375. The van der Waals surface area contributed by atoms with Crippen LogP contribution in [0.2, 0.25) is 0 Å². The SMILES string of the molecule is CCCNC(c1ccncc1F)c1ccncc1CC. The van der Waals surface area contributed by atoms with Crippen LogP contribution in [0.15, 0.2) is 36.9 Å². The molecule has 106 valence electrons. The van der Waals surface area contributed by atoms with Crippen molar-refractivity contribution in [2.24, 2.45) is 0 Å². The number of hydrogen-bond acceptors (Lipinski definition) is 3. The Hall–Kier alpha value is -1.81. The molecule has 0 fully saturated rings. The lowest BCUT2D eigenvalue weighted by atomic mass is 9.95. The lowest BCUT2D eigenvalue weighted by Crippen LogP contribution is -2.25. The Bertz CT molecular complexity index is 557. The number of aromatic nitrogens is 2. The van der Waals surface area contributed by atoms with Gasteiger partial charge in [0.15, 0.2) is 0 Å². The molecule has 0 bridgehead atoms. The third kappa shape index (κ3) is 3.20. The van der Waals surface area contributed by atoms with Crippen molar-refractivity contribution in [3.63, 3.8) is 0 Å².